The smallest absolute Gasteiger partial charge is 0.236 e. The number of rotatable bonds is 6. The lowest BCUT2D eigenvalue weighted by molar-refractivity contribution is -0.130. The van der Waals surface area contributed by atoms with Crippen molar-refractivity contribution in [2.24, 2.45) is 0 Å². The van der Waals surface area contributed by atoms with Crippen molar-refractivity contribution in [1.82, 2.24) is 20.0 Å². The predicted octanol–water partition coefficient (Wildman–Crippen LogP) is 2.52. The van der Waals surface area contributed by atoms with E-state index in [2.05, 4.69) is 10.2 Å². The van der Waals surface area contributed by atoms with E-state index in [-0.39, 0.29) is 11.8 Å². The molecule has 25 heavy (non-hydrogen) atoms. The molecule has 1 N–H and O–H groups in total. The monoisotopic (exact) mass is 362 g/mol. The summed E-state index contributed by atoms with van der Waals surface area (Å²) in [4.78, 5) is 16.0. The Morgan fingerprint density at radius 3 is 2.88 bits per heavy atom. The zero-order chi connectivity index (χ0) is 17.8. The van der Waals surface area contributed by atoms with Gasteiger partial charge in [-0.25, -0.2) is 0 Å². The van der Waals surface area contributed by atoms with Gasteiger partial charge < -0.3 is 14.5 Å². The molecule has 0 bridgehead atoms. The molecule has 1 aliphatic rings. The van der Waals surface area contributed by atoms with Crippen molar-refractivity contribution < 1.29 is 9.53 Å². The predicted molar refractivity (Wildman–Crippen MR) is 96.9 cm³/mol. The minimum absolute atomic E-state index is 0.175. The number of nitrogens with one attached hydrogen (secondary N) is 1. The molecule has 1 amide bonds. The topological polar surface area (TPSA) is 61.5 Å². The van der Waals surface area contributed by atoms with Crippen LogP contribution < -0.4 is 4.74 Å². The average molecular weight is 363 g/mol. The lowest BCUT2D eigenvalue weighted by Gasteiger charge is -2.18. The van der Waals surface area contributed by atoms with Gasteiger partial charge in [-0.15, -0.1) is 0 Å². The molecule has 1 aliphatic heterocycles. The number of benzene rings is 1. The van der Waals surface area contributed by atoms with Gasteiger partial charge in [0.2, 0.25) is 5.91 Å². The molecule has 1 aromatic heterocycles. The molecule has 1 aromatic carbocycles. The summed E-state index contributed by atoms with van der Waals surface area (Å²) < 4.78 is 5.73. The second-order valence-corrected chi connectivity index (χ2v) is 7.06. The lowest BCUT2D eigenvalue weighted by Crippen LogP contribution is -2.36. The van der Waals surface area contributed by atoms with Crippen molar-refractivity contribution in [3.63, 3.8) is 0 Å². The van der Waals surface area contributed by atoms with Crippen LogP contribution in [0.15, 0.2) is 30.3 Å². The van der Waals surface area contributed by atoms with Crippen LogP contribution in [0, 0.1) is 0 Å². The summed E-state index contributed by atoms with van der Waals surface area (Å²) in [7, 11) is 3.82. The summed E-state index contributed by atoms with van der Waals surface area (Å²) in [5.41, 5.74) is 1.91. The Morgan fingerprint density at radius 1 is 1.40 bits per heavy atom. The van der Waals surface area contributed by atoms with E-state index < -0.39 is 0 Å². The maximum Gasteiger partial charge on any atom is 0.236 e. The molecular formula is C18H23ClN4O2. The SMILES string of the molecule is CN(C)CC(=O)N1CC[C@@H](c2cc(COc3ccc(Cl)cc3)[nH]n2)C1. The number of aromatic nitrogens is 2. The third-order valence-corrected chi connectivity index (χ3v) is 4.52. The Morgan fingerprint density at radius 2 is 2.16 bits per heavy atom. The Labute approximate surface area is 152 Å². The molecule has 3 rings (SSSR count). The van der Waals surface area contributed by atoms with Crippen molar-refractivity contribution in [1.29, 1.82) is 0 Å². The second kappa shape index (κ2) is 7.89. The molecule has 1 fully saturated rings. The first-order chi connectivity index (χ1) is 12.0. The fraction of sp³-hybridized carbons (Fsp3) is 0.444. The molecule has 2 heterocycles. The van der Waals surface area contributed by atoms with Gasteiger partial charge >= 0.3 is 0 Å². The van der Waals surface area contributed by atoms with E-state index in [0.717, 1.165) is 36.6 Å². The Kier molecular flexibility index (Phi) is 5.60. The zero-order valence-corrected chi connectivity index (χ0v) is 15.3. The van der Waals surface area contributed by atoms with Crippen LogP contribution in [-0.4, -0.2) is 59.6 Å². The first kappa shape index (κ1) is 17.8. The van der Waals surface area contributed by atoms with Gasteiger partial charge in [0.1, 0.15) is 12.4 Å². The number of hydrogen-bond acceptors (Lipinski definition) is 4. The quantitative estimate of drug-likeness (QED) is 0.857. The van der Waals surface area contributed by atoms with Gasteiger partial charge in [0.05, 0.1) is 17.9 Å². The van der Waals surface area contributed by atoms with E-state index in [0.29, 0.717) is 18.2 Å². The first-order valence-corrected chi connectivity index (χ1v) is 8.74. The van der Waals surface area contributed by atoms with Crippen LogP contribution in [-0.2, 0) is 11.4 Å². The highest BCUT2D eigenvalue weighted by molar-refractivity contribution is 6.30. The summed E-state index contributed by atoms with van der Waals surface area (Å²) in [6.45, 7) is 2.40. The highest BCUT2D eigenvalue weighted by atomic mass is 35.5. The lowest BCUT2D eigenvalue weighted by atomic mass is 10.1. The van der Waals surface area contributed by atoms with E-state index in [1.54, 1.807) is 12.1 Å². The van der Waals surface area contributed by atoms with Crippen LogP contribution in [0.1, 0.15) is 23.7 Å². The maximum atomic E-state index is 12.1. The number of likely N-dealkylation sites (N-methyl/N-ethyl adjacent to an activating group) is 1. The van der Waals surface area contributed by atoms with Crippen molar-refractivity contribution >= 4 is 17.5 Å². The van der Waals surface area contributed by atoms with E-state index in [1.165, 1.54) is 0 Å². The average Bonchev–Trinajstić information content (AvgIpc) is 3.23. The molecular weight excluding hydrogens is 340 g/mol. The molecule has 0 saturated carbocycles. The summed E-state index contributed by atoms with van der Waals surface area (Å²) in [5, 5.41) is 8.12. The molecule has 1 saturated heterocycles. The molecule has 0 unspecified atom stereocenters. The molecule has 0 spiro atoms. The third kappa shape index (κ3) is 4.74. The number of amides is 1. The Bertz CT molecular complexity index is 714. The fourth-order valence-corrected chi connectivity index (χ4v) is 3.08. The Hall–Kier alpha value is -2.05. The van der Waals surface area contributed by atoms with Crippen LogP contribution in [0.4, 0.5) is 0 Å². The highest BCUT2D eigenvalue weighted by Gasteiger charge is 2.28. The molecule has 134 valence electrons. The van der Waals surface area contributed by atoms with E-state index >= 15 is 0 Å². The third-order valence-electron chi connectivity index (χ3n) is 4.27. The van der Waals surface area contributed by atoms with Crippen molar-refractivity contribution in [2.75, 3.05) is 33.7 Å². The number of H-pyrrole nitrogens is 1. The number of likely N-dealkylation sites (tertiary alicyclic amines) is 1. The number of carbonyl (C=O) groups is 1. The van der Waals surface area contributed by atoms with E-state index in [9.17, 15) is 4.79 Å². The van der Waals surface area contributed by atoms with E-state index in [1.807, 2.05) is 42.1 Å². The number of carbonyl (C=O) groups excluding carboxylic acids is 1. The fourth-order valence-electron chi connectivity index (χ4n) is 2.95. The summed E-state index contributed by atoms with van der Waals surface area (Å²) in [6, 6.07) is 9.30. The van der Waals surface area contributed by atoms with Gasteiger partial charge in [-0.3, -0.25) is 9.89 Å². The molecule has 0 aliphatic carbocycles. The van der Waals surface area contributed by atoms with Gasteiger partial charge in [0.15, 0.2) is 0 Å². The molecule has 6 nitrogen and oxygen atoms in total. The van der Waals surface area contributed by atoms with Gasteiger partial charge in [0, 0.05) is 24.0 Å². The largest absolute Gasteiger partial charge is 0.487 e. The van der Waals surface area contributed by atoms with Gasteiger partial charge in [0.25, 0.3) is 0 Å². The first-order valence-electron chi connectivity index (χ1n) is 8.36. The van der Waals surface area contributed by atoms with Crippen LogP contribution >= 0.6 is 11.6 Å². The van der Waals surface area contributed by atoms with Crippen LogP contribution in [0.25, 0.3) is 0 Å². The normalized spacial score (nSPS) is 17.3. The number of hydrogen-bond donors (Lipinski definition) is 1. The minimum atomic E-state index is 0.175. The molecule has 1 atom stereocenters. The zero-order valence-electron chi connectivity index (χ0n) is 14.5. The number of nitrogens with zero attached hydrogens (tertiary/aromatic N) is 3. The van der Waals surface area contributed by atoms with E-state index in [4.69, 9.17) is 16.3 Å². The van der Waals surface area contributed by atoms with Gasteiger partial charge in [-0.2, -0.15) is 5.10 Å². The molecule has 2 aromatic rings. The van der Waals surface area contributed by atoms with Crippen LogP contribution in [0.3, 0.4) is 0 Å². The molecule has 0 radical (unpaired) electrons. The van der Waals surface area contributed by atoms with Crippen LogP contribution in [0.5, 0.6) is 5.75 Å². The number of aromatic amines is 1. The van der Waals surface area contributed by atoms with Crippen molar-refractivity contribution in [3.8, 4) is 5.75 Å². The number of halogens is 1. The minimum Gasteiger partial charge on any atom is -0.487 e. The standard InChI is InChI=1S/C18H23ClN4O2/c1-22(2)11-18(24)23-8-7-13(10-23)17-9-15(20-21-17)12-25-16-5-3-14(19)4-6-16/h3-6,9,13H,7-8,10-12H2,1-2H3,(H,20,21)/t13-/m1/s1. The van der Waals surface area contributed by atoms with Crippen molar-refractivity contribution in [2.45, 2.75) is 18.9 Å². The van der Waals surface area contributed by atoms with Gasteiger partial charge in [-0.1, -0.05) is 11.6 Å². The Balaban J connectivity index is 1.53. The van der Waals surface area contributed by atoms with Gasteiger partial charge in [-0.05, 0) is 50.8 Å². The second-order valence-electron chi connectivity index (χ2n) is 6.62. The summed E-state index contributed by atoms with van der Waals surface area (Å²) in [5.74, 6) is 1.22. The number of ether oxygens (including phenoxy) is 1. The maximum absolute atomic E-state index is 12.1. The van der Waals surface area contributed by atoms with Crippen LogP contribution in [0.2, 0.25) is 5.02 Å². The summed E-state index contributed by atoms with van der Waals surface area (Å²) >= 11 is 5.86. The highest BCUT2D eigenvalue weighted by Crippen LogP contribution is 2.26. The van der Waals surface area contributed by atoms with Crippen molar-refractivity contribution in [3.05, 3.63) is 46.7 Å². The molecule has 7 heteroatoms. The summed E-state index contributed by atoms with van der Waals surface area (Å²) in [6.07, 6.45) is 0.946.